The molecule has 0 spiro atoms. The van der Waals surface area contributed by atoms with E-state index in [-0.39, 0.29) is 11.3 Å². The fourth-order valence-corrected chi connectivity index (χ4v) is 5.45. The fourth-order valence-electron chi connectivity index (χ4n) is 4.38. The van der Waals surface area contributed by atoms with Crippen LogP contribution in [-0.2, 0) is 10.5 Å². The molecule has 4 rings (SSSR count). The number of halogens is 1. The average Bonchev–Trinajstić information content (AvgIpc) is 2.77. The molecule has 0 radical (unpaired) electrons. The van der Waals surface area contributed by atoms with E-state index in [1.165, 1.54) is 6.07 Å². The summed E-state index contributed by atoms with van der Waals surface area (Å²) in [6.45, 7) is 5.66. The summed E-state index contributed by atoms with van der Waals surface area (Å²) in [4.78, 5) is 35.4. The number of thioether (sulfide) groups is 1. The van der Waals surface area contributed by atoms with Gasteiger partial charge in [0.1, 0.15) is 22.8 Å². The van der Waals surface area contributed by atoms with Gasteiger partial charge in [-0.25, -0.2) is 9.37 Å². The standard InChI is InChI=1S/C23H31FN4O3S/c1-15(29)28-9-3-16(4-10-28)13-31-17-11-19(24)22-20(12-17)25-21(26-23(22)30)14-32-18-5-7-27(2)8-6-18/h11-12,16,18H,3-10,13-14H2,1-2H3,(H,25,26,30). The SMILES string of the molecule is CC(=O)N1CCC(COc2cc(F)c3c(=O)[nH]c(CSC4CCN(C)CC4)nc3c2)CC1. The van der Waals surface area contributed by atoms with E-state index in [1.54, 1.807) is 24.8 Å². The molecule has 9 heteroatoms. The molecule has 1 N–H and O–H groups in total. The molecule has 0 unspecified atom stereocenters. The third-order valence-electron chi connectivity index (χ3n) is 6.45. The second-order valence-corrected chi connectivity index (χ2v) is 10.2. The maximum Gasteiger partial charge on any atom is 0.261 e. The number of carbonyl (C=O) groups excluding carboxylic acids is 1. The molecule has 0 atom stereocenters. The van der Waals surface area contributed by atoms with E-state index in [4.69, 9.17) is 4.74 Å². The largest absolute Gasteiger partial charge is 0.493 e. The van der Waals surface area contributed by atoms with E-state index >= 15 is 0 Å². The Kier molecular flexibility index (Phi) is 7.35. The molecule has 2 saturated heterocycles. The molecule has 0 saturated carbocycles. The van der Waals surface area contributed by atoms with Crippen LogP contribution in [-0.4, -0.2) is 70.8 Å². The predicted octanol–water partition coefficient (Wildman–Crippen LogP) is 3.03. The number of hydrogen-bond donors (Lipinski definition) is 1. The highest BCUT2D eigenvalue weighted by Crippen LogP contribution is 2.27. The third-order valence-corrected chi connectivity index (χ3v) is 7.83. The number of hydrogen-bond acceptors (Lipinski definition) is 6. The normalized spacial score (nSPS) is 18.9. The number of nitrogens with one attached hydrogen (secondary N) is 1. The highest BCUT2D eigenvalue weighted by molar-refractivity contribution is 7.99. The maximum atomic E-state index is 14.7. The topological polar surface area (TPSA) is 78.5 Å². The van der Waals surface area contributed by atoms with E-state index < -0.39 is 11.4 Å². The number of aromatic amines is 1. The number of H-pyrrole nitrogens is 1. The van der Waals surface area contributed by atoms with Crippen molar-refractivity contribution in [3.63, 3.8) is 0 Å². The number of rotatable bonds is 6. The average molecular weight is 463 g/mol. The lowest BCUT2D eigenvalue weighted by atomic mass is 9.98. The van der Waals surface area contributed by atoms with E-state index in [0.717, 1.165) is 51.9 Å². The van der Waals surface area contributed by atoms with Crippen LogP contribution in [0.25, 0.3) is 10.9 Å². The summed E-state index contributed by atoms with van der Waals surface area (Å²) < 4.78 is 20.5. The number of ether oxygens (including phenoxy) is 1. The lowest BCUT2D eigenvalue weighted by Gasteiger charge is -2.31. The molecular formula is C23H31FN4O3S. The summed E-state index contributed by atoms with van der Waals surface area (Å²) in [7, 11) is 2.13. The van der Waals surface area contributed by atoms with Crippen LogP contribution >= 0.6 is 11.8 Å². The Balaban J connectivity index is 1.41. The molecule has 3 heterocycles. The second-order valence-electron chi connectivity index (χ2n) is 8.89. The number of nitrogens with zero attached hydrogens (tertiary/aromatic N) is 3. The van der Waals surface area contributed by atoms with Gasteiger partial charge in [0.25, 0.3) is 5.56 Å². The summed E-state index contributed by atoms with van der Waals surface area (Å²) in [6, 6.07) is 2.92. The van der Waals surface area contributed by atoms with Crippen molar-refractivity contribution in [2.75, 3.05) is 39.8 Å². The van der Waals surface area contributed by atoms with Gasteiger partial charge in [0.2, 0.25) is 5.91 Å². The first kappa shape index (κ1) is 23.0. The van der Waals surface area contributed by atoms with E-state index in [0.29, 0.717) is 40.6 Å². The number of piperidine rings is 2. The summed E-state index contributed by atoms with van der Waals surface area (Å²) in [5.74, 6) is 1.35. The van der Waals surface area contributed by atoms with Crippen molar-refractivity contribution in [1.29, 1.82) is 0 Å². The van der Waals surface area contributed by atoms with Crippen molar-refractivity contribution < 1.29 is 13.9 Å². The van der Waals surface area contributed by atoms with Crippen LogP contribution in [0.2, 0.25) is 0 Å². The zero-order valence-electron chi connectivity index (χ0n) is 18.7. The Bertz CT molecular complexity index is 1010. The maximum absolute atomic E-state index is 14.7. The van der Waals surface area contributed by atoms with Gasteiger partial charge < -0.3 is 19.5 Å². The first-order valence-corrected chi connectivity index (χ1v) is 12.3. The molecule has 1 aromatic heterocycles. The lowest BCUT2D eigenvalue weighted by molar-refractivity contribution is -0.130. The Morgan fingerprint density at radius 3 is 2.62 bits per heavy atom. The minimum Gasteiger partial charge on any atom is -0.493 e. The number of amides is 1. The summed E-state index contributed by atoms with van der Waals surface area (Å²) >= 11 is 1.80. The number of likely N-dealkylation sites (tertiary alicyclic amines) is 2. The van der Waals surface area contributed by atoms with Crippen molar-refractivity contribution in [2.45, 2.75) is 43.6 Å². The summed E-state index contributed by atoms with van der Waals surface area (Å²) in [6.07, 6.45) is 3.98. The first-order valence-electron chi connectivity index (χ1n) is 11.3. The molecule has 0 aliphatic carbocycles. The van der Waals surface area contributed by atoms with Gasteiger partial charge in [0.15, 0.2) is 0 Å². The van der Waals surface area contributed by atoms with Crippen LogP contribution in [0.4, 0.5) is 4.39 Å². The quantitative estimate of drug-likeness (QED) is 0.711. The van der Waals surface area contributed by atoms with Crippen LogP contribution in [0.1, 0.15) is 38.4 Å². The Labute approximate surface area is 191 Å². The minimum atomic E-state index is -0.618. The molecule has 2 aromatic rings. The van der Waals surface area contributed by atoms with Gasteiger partial charge in [-0.1, -0.05) is 0 Å². The molecule has 2 aliphatic heterocycles. The third kappa shape index (κ3) is 5.61. The monoisotopic (exact) mass is 462 g/mol. The van der Waals surface area contributed by atoms with Crippen molar-refractivity contribution in [1.82, 2.24) is 19.8 Å². The van der Waals surface area contributed by atoms with Crippen LogP contribution in [0.15, 0.2) is 16.9 Å². The lowest BCUT2D eigenvalue weighted by Crippen LogP contribution is -2.38. The highest BCUT2D eigenvalue weighted by atomic mass is 32.2. The van der Waals surface area contributed by atoms with Gasteiger partial charge in [-0.3, -0.25) is 9.59 Å². The van der Waals surface area contributed by atoms with Crippen molar-refractivity contribution in [3.05, 3.63) is 34.1 Å². The van der Waals surface area contributed by atoms with Crippen LogP contribution < -0.4 is 10.3 Å². The molecule has 32 heavy (non-hydrogen) atoms. The van der Waals surface area contributed by atoms with Crippen LogP contribution in [0, 0.1) is 11.7 Å². The highest BCUT2D eigenvalue weighted by Gasteiger charge is 2.22. The molecule has 2 aliphatic rings. The van der Waals surface area contributed by atoms with E-state index in [2.05, 4.69) is 21.9 Å². The predicted molar refractivity (Wildman–Crippen MR) is 125 cm³/mol. The smallest absolute Gasteiger partial charge is 0.261 e. The molecular weight excluding hydrogens is 431 g/mol. The van der Waals surface area contributed by atoms with Crippen LogP contribution in [0.5, 0.6) is 5.75 Å². The Morgan fingerprint density at radius 1 is 1.22 bits per heavy atom. The fraction of sp³-hybridized carbons (Fsp3) is 0.609. The molecule has 0 bridgehead atoms. The number of fused-ring (bicyclic) bond motifs is 1. The van der Waals surface area contributed by atoms with Crippen molar-refractivity contribution >= 4 is 28.6 Å². The number of carbonyl (C=O) groups is 1. The minimum absolute atomic E-state index is 0.0276. The van der Waals surface area contributed by atoms with Crippen molar-refractivity contribution in [3.8, 4) is 5.75 Å². The molecule has 7 nitrogen and oxygen atoms in total. The molecule has 174 valence electrons. The van der Waals surface area contributed by atoms with Gasteiger partial charge in [-0.15, -0.1) is 0 Å². The van der Waals surface area contributed by atoms with Gasteiger partial charge in [-0.05, 0) is 51.7 Å². The molecule has 2 fully saturated rings. The van der Waals surface area contributed by atoms with Gasteiger partial charge in [-0.2, -0.15) is 11.8 Å². The van der Waals surface area contributed by atoms with Crippen LogP contribution in [0.3, 0.4) is 0 Å². The zero-order valence-corrected chi connectivity index (χ0v) is 19.5. The zero-order chi connectivity index (χ0) is 22.7. The van der Waals surface area contributed by atoms with Gasteiger partial charge >= 0.3 is 0 Å². The molecule has 1 aromatic carbocycles. The van der Waals surface area contributed by atoms with E-state index in [9.17, 15) is 14.0 Å². The number of aromatic nitrogens is 2. The van der Waals surface area contributed by atoms with Gasteiger partial charge in [0.05, 0.1) is 17.9 Å². The Hall–Kier alpha value is -2.13. The first-order chi connectivity index (χ1) is 15.4. The van der Waals surface area contributed by atoms with Gasteiger partial charge in [0, 0.05) is 37.4 Å². The summed E-state index contributed by atoms with van der Waals surface area (Å²) in [5, 5.41) is 0.521. The molecule has 1 amide bonds. The van der Waals surface area contributed by atoms with E-state index in [1.807, 2.05) is 4.90 Å². The Morgan fingerprint density at radius 2 is 1.94 bits per heavy atom. The van der Waals surface area contributed by atoms with Crippen molar-refractivity contribution in [2.24, 2.45) is 5.92 Å². The second kappa shape index (κ2) is 10.2. The number of benzene rings is 1. The summed E-state index contributed by atoms with van der Waals surface area (Å²) in [5.41, 5.74) is -0.122.